The molecule has 0 spiro atoms. The summed E-state index contributed by atoms with van der Waals surface area (Å²) in [5.41, 5.74) is 8.03. The molecule has 0 bridgehead atoms. The third-order valence-electron chi connectivity index (χ3n) is 4.23. The number of anilines is 1. The van der Waals surface area contributed by atoms with Crippen molar-refractivity contribution < 1.29 is 9.53 Å². The van der Waals surface area contributed by atoms with Crippen LogP contribution in [0.1, 0.15) is 21.5 Å². The fourth-order valence-corrected chi connectivity index (χ4v) is 3.68. The van der Waals surface area contributed by atoms with E-state index >= 15 is 0 Å². The molecule has 29 heavy (non-hydrogen) atoms. The van der Waals surface area contributed by atoms with Crippen molar-refractivity contribution in [1.29, 1.82) is 10.5 Å². The fourth-order valence-electron chi connectivity index (χ4n) is 2.79. The number of benzene rings is 2. The molecule has 142 valence electrons. The second-order valence-corrected chi connectivity index (χ2v) is 6.92. The number of ketones is 1. The zero-order valence-electron chi connectivity index (χ0n) is 15.5. The Kier molecular flexibility index (Phi) is 6.13. The van der Waals surface area contributed by atoms with Crippen LogP contribution in [0.3, 0.4) is 0 Å². The molecule has 1 heterocycles. The van der Waals surface area contributed by atoms with Crippen LogP contribution in [-0.4, -0.2) is 23.6 Å². The zero-order chi connectivity index (χ0) is 20.8. The van der Waals surface area contributed by atoms with Gasteiger partial charge in [-0.15, -0.1) is 0 Å². The molecule has 0 fully saturated rings. The molecule has 7 heteroatoms. The maximum Gasteiger partial charge on any atom is 0.173 e. The summed E-state index contributed by atoms with van der Waals surface area (Å²) in [6, 6.07) is 20.0. The number of thioether (sulfide) groups is 1. The first-order valence-electron chi connectivity index (χ1n) is 8.58. The number of carbonyl (C=O) groups excluding carboxylic acids is 1. The van der Waals surface area contributed by atoms with Crippen LogP contribution < -0.4 is 10.5 Å². The molecule has 2 N–H and O–H groups in total. The summed E-state index contributed by atoms with van der Waals surface area (Å²) in [7, 11) is 1.56. The van der Waals surface area contributed by atoms with E-state index in [2.05, 4.69) is 11.1 Å². The molecule has 0 aliphatic carbocycles. The monoisotopic (exact) mass is 400 g/mol. The van der Waals surface area contributed by atoms with Crippen LogP contribution in [-0.2, 0) is 0 Å². The first kappa shape index (κ1) is 19.9. The van der Waals surface area contributed by atoms with E-state index in [9.17, 15) is 15.3 Å². The van der Waals surface area contributed by atoms with Crippen molar-refractivity contribution in [1.82, 2.24) is 4.98 Å². The Hall–Kier alpha value is -3.81. The van der Waals surface area contributed by atoms with Crippen LogP contribution in [0.25, 0.3) is 11.1 Å². The molecule has 0 aliphatic rings. The zero-order valence-corrected chi connectivity index (χ0v) is 16.4. The Morgan fingerprint density at radius 2 is 1.72 bits per heavy atom. The summed E-state index contributed by atoms with van der Waals surface area (Å²) in [6.45, 7) is 0. The molecule has 0 unspecified atom stereocenters. The average molecular weight is 400 g/mol. The van der Waals surface area contributed by atoms with Gasteiger partial charge in [-0.05, 0) is 29.8 Å². The first-order chi connectivity index (χ1) is 14.1. The number of hydrogen-bond donors (Lipinski definition) is 1. The summed E-state index contributed by atoms with van der Waals surface area (Å²) in [5.74, 6) is 0.653. The SMILES string of the molecule is COc1ccc(C(=O)CSc2nc(N)c(C#N)c(-c3ccccc3)c2C#N)cc1. The third-order valence-corrected chi connectivity index (χ3v) is 5.21. The number of ether oxygens (including phenoxy) is 1. The van der Waals surface area contributed by atoms with Crippen LogP contribution in [0.4, 0.5) is 5.82 Å². The van der Waals surface area contributed by atoms with Crippen LogP contribution >= 0.6 is 11.8 Å². The van der Waals surface area contributed by atoms with Crippen LogP contribution in [0.2, 0.25) is 0 Å². The number of pyridine rings is 1. The lowest BCUT2D eigenvalue weighted by Crippen LogP contribution is -2.06. The van der Waals surface area contributed by atoms with Crippen LogP contribution in [0.15, 0.2) is 59.6 Å². The van der Waals surface area contributed by atoms with E-state index in [4.69, 9.17) is 10.5 Å². The predicted molar refractivity (Wildman–Crippen MR) is 112 cm³/mol. The van der Waals surface area contributed by atoms with Gasteiger partial charge in [-0.1, -0.05) is 42.1 Å². The van der Waals surface area contributed by atoms with E-state index in [-0.39, 0.29) is 28.5 Å². The van der Waals surface area contributed by atoms with Crippen molar-refractivity contribution in [3.8, 4) is 29.0 Å². The third kappa shape index (κ3) is 4.21. The van der Waals surface area contributed by atoms with Gasteiger partial charge in [0, 0.05) is 11.1 Å². The van der Waals surface area contributed by atoms with Crippen LogP contribution in [0, 0.1) is 22.7 Å². The fraction of sp³-hybridized carbons (Fsp3) is 0.0909. The number of rotatable bonds is 6. The highest BCUT2D eigenvalue weighted by Gasteiger charge is 2.21. The van der Waals surface area contributed by atoms with E-state index in [0.29, 0.717) is 27.5 Å². The molecule has 0 atom stereocenters. The van der Waals surface area contributed by atoms with Crippen molar-refractivity contribution in [3.63, 3.8) is 0 Å². The minimum atomic E-state index is -0.118. The molecular formula is C22H16N4O2S. The Bertz CT molecular complexity index is 1130. The number of nitrogen functional groups attached to an aromatic ring is 1. The lowest BCUT2D eigenvalue weighted by Gasteiger charge is -2.12. The molecule has 0 saturated heterocycles. The highest BCUT2D eigenvalue weighted by molar-refractivity contribution is 8.00. The van der Waals surface area contributed by atoms with Gasteiger partial charge in [0.2, 0.25) is 0 Å². The molecule has 3 aromatic rings. The van der Waals surface area contributed by atoms with Crippen molar-refractivity contribution in [2.45, 2.75) is 5.03 Å². The lowest BCUT2D eigenvalue weighted by atomic mass is 9.97. The van der Waals surface area contributed by atoms with Gasteiger partial charge in [-0.25, -0.2) is 4.98 Å². The predicted octanol–water partition coefficient (Wildman–Crippen LogP) is 4.06. The summed E-state index contributed by atoms with van der Waals surface area (Å²) in [6.07, 6.45) is 0. The van der Waals surface area contributed by atoms with Gasteiger partial charge in [0.25, 0.3) is 0 Å². The van der Waals surface area contributed by atoms with Crippen molar-refractivity contribution in [2.75, 3.05) is 18.6 Å². The molecule has 0 radical (unpaired) electrons. The maximum atomic E-state index is 12.5. The molecule has 3 rings (SSSR count). The molecule has 0 amide bonds. The van der Waals surface area contributed by atoms with E-state index in [1.54, 1.807) is 43.5 Å². The molecule has 0 saturated carbocycles. The minimum Gasteiger partial charge on any atom is -0.497 e. The second-order valence-electron chi connectivity index (χ2n) is 5.96. The van der Waals surface area contributed by atoms with Crippen molar-refractivity contribution >= 4 is 23.4 Å². The van der Waals surface area contributed by atoms with E-state index in [0.717, 1.165) is 11.8 Å². The van der Waals surface area contributed by atoms with Gasteiger partial charge in [-0.3, -0.25) is 4.79 Å². The Morgan fingerprint density at radius 1 is 1.07 bits per heavy atom. The number of nitriles is 2. The quantitative estimate of drug-likeness (QED) is 0.490. The molecule has 6 nitrogen and oxygen atoms in total. The summed E-state index contributed by atoms with van der Waals surface area (Å²) >= 11 is 1.12. The number of hydrogen-bond acceptors (Lipinski definition) is 7. The minimum absolute atomic E-state index is 0.0322. The number of methoxy groups -OCH3 is 1. The molecule has 0 aliphatic heterocycles. The van der Waals surface area contributed by atoms with Gasteiger partial charge in [0.1, 0.15) is 34.3 Å². The number of aromatic nitrogens is 1. The topological polar surface area (TPSA) is 113 Å². The van der Waals surface area contributed by atoms with Gasteiger partial charge >= 0.3 is 0 Å². The number of Topliss-reactive ketones (excluding diaryl/α,β-unsaturated/α-hetero) is 1. The van der Waals surface area contributed by atoms with E-state index in [1.165, 1.54) is 0 Å². The Balaban J connectivity index is 1.95. The number of nitrogens with two attached hydrogens (primary N) is 1. The van der Waals surface area contributed by atoms with Gasteiger partial charge in [0.05, 0.1) is 18.4 Å². The van der Waals surface area contributed by atoms with Gasteiger partial charge < -0.3 is 10.5 Å². The molecule has 2 aromatic carbocycles. The maximum absolute atomic E-state index is 12.5. The largest absolute Gasteiger partial charge is 0.497 e. The first-order valence-corrected chi connectivity index (χ1v) is 9.56. The smallest absolute Gasteiger partial charge is 0.173 e. The molecule has 1 aromatic heterocycles. The van der Waals surface area contributed by atoms with Crippen LogP contribution in [0.5, 0.6) is 5.75 Å². The standard InChI is InChI=1S/C22H16N4O2S/c1-28-16-9-7-14(8-10-16)19(27)13-29-22-18(12-24)20(15-5-3-2-4-6-15)17(11-23)21(25)26-22/h2-10H,13H2,1H3,(H2,25,26). The lowest BCUT2D eigenvalue weighted by molar-refractivity contribution is 0.102. The Labute approximate surface area is 172 Å². The average Bonchev–Trinajstić information content (AvgIpc) is 2.77. The summed E-state index contributed by atoms with van der Waals surface area (Å²) < 4.78 is 5.10. The number of nitrogens with zero attached hydrogens (tertiary/aromatic N) is 3. The van der Waals surface area contributed by atoms with Crippen molar-refractivity contribution in [2.24, 2.45) is 0 Å². The Morgan fingerprint density at radius 3 is 2.31 bits per heavy atom. The van der Waals surface area contributed by atoms with E-state index in [1.807, 2.05) is 24.3 Å². The highest BCUT2D eigenvalue weighted by atomic mass is 32.2. The summed E-state index contributed by atoms with van der Waals surface area (Å²) in [5, 5.41) is 19.6. The highest BCUT2D eigenvalue weighted by Crippen LogP contribution is 2.35. The second kappa shape index (κ2) is 8.92. The van der Waals surface area contributed by atoms with Crippen molar-refractivity contribution in [3.05, 3.63) is 71.3 Å². The number of carbonyl (C=O) groups is 1. The molecular weight excluding hydrogens is 384 g/mol. The normalized spacial score (nSPS) is 10.0. The van der Waals surface area contributed by atoms with Gasteiger partial charge in [0.15, 0.2) is 5.78 Å². The summed E-state index contributed by atoms with van der Waals surface area (Å²) in [4.78, 5) is 16.7. The van der Waals surface area contributed by atoms with Gasteiger partial charge in [-0.2, -0.15) is 10.5 Å². The van der Waals surface area contributed by atoms with E-state index < -0.39 is 0 Å².